The molecule has 0 unspecified atom stereocenters. The topological polar surface area (TPSA) is 77.3 Å². The second-order valence-corrected chi connectivity index (χ2v) is 8.23. The highest BCUT2D eigenvalue weighted by Crippen LogP contribution is 2.18. The van der Waals surface area contributed by atoms with E-state index in [1.807, 2.05) is 36.6 Å². The summed E-state index contributed by atoms with van der Waals surface area (Å²) < 4.78 is 0. The number of nitrogens with zero attached hydrogens (tertiary/aromatic N) is 2. The van der Waals surface area contributed by atoms with E-state index in [9.17, 15) is 14.7 Å². The smallest absolute Gasteiger partial charge is 0.278 e. The molecule has 7 nitrogen and oxygen atoms in total. The average molecular weight is 418 g/mol. The number of thiophene rings is 1. The van der Waals surface area contributed by atoms with Crippen molar-refractivity contribution in [1.82, 2.24) is 10.2 Å². The number of hydrogen-bond acceptors (Lipinski definition) is 5. The van der Waals surface area contributed by atoms with Crippen LogP contribution in [0.15, 0.2) is 41.8 Å². The van der Waals surface area contributed by atoms with Crippen LogP contribution in [0.25, 0.3) is 0 Å². The Morgan fingerprint density at radius 3 is 2.55 bits per heavy atom. The lowest BCUT2D eigenvalue weighted by molar-refractivity contribution is -0.892. The summed E-state index contributed by atoms with van der Waals surface area (Å²) >= 11 is 1.60. The summed E-state index contributed by atoms with van der Waals surface area (Å²) in [5, 5.41) is 14.3. The van der Waals surface area contributed by atoms with Crippen LogP contribution in [-0.2, 0) is 16.1 Å². The molecule has 1 aliphatic heterocycles. The highest BCUT2D eigenvalue weighted by atomic mass is 32.1. The maximum atomic E-state index is 12.7. The number of carbonyl (C=O) groups excluding carboxylic acids is 2. The van der Waals surface area contributed by atoms with E-state index >= 15 is 0 Å². The Balaban J connectivity index is 1.42. The van der Waals surface area contributed by atoms with Crippen LogP contribution < -0.4 is 15.1 Å². The third-order valence-electron chi connectivity index (χ3n) is 5.20. The molecule has 1 aromatic carbocycles. The maximum Gasteiger partial charge on any atom is 0.278 e. The van der Waals surface area contributed by atoms with Gasteiger partial charge in [-0.1, -0.05) is 6.07 Å². The Bertz CT molecular complexity index is 787. The number of piperazine rings is 1. The number of amides is 2. The van der Waals surface area contributed by atoms with Gasteiger partial charge in [0.1, 0.15) is 5.75 Å². The molecule has 2 amide bonds. The molecule has 2 aromatic rings. The third kappa shape index (κ3) is 6.20. The van der Waals surface area contributed by atoms with Gasteiger partial charge in [0.2, 0.25) is 5.91 Å². The number of quaternary nitrogens is 1. The van der Waals surface area contributed by atoms with E-state index in [0.717, 1.165) is 36.7 Å². The molecule has 3 N–H and O–H groups in total. The normalized spacial score (nSPS) is 14.6. The van der Waals surface area contributed by atoms with Crippen LogP contribution in [0.4, 0.5) is 5.69 Å². The Labute approximate surface area is 175 Å². The molecule has 8 heteroatoms. The molecule has 3 rings (SSSR count). The summed E-state index contributed by atoms with van der Waals surface area (Å²) in [6.45, 7) is 6.92. The lowest BCUT2D eigenvalue weighted by Gasteiger charge is -2.34. The fourth-order valence-corrected chi connectivity index (χ4v) is 4.10. The van der Waals surface area contributed by atoms with Gasteiger partial charge in [-0.05, 0) is 42.6 Å². The van der Waals surface area contributed by atoms with Gasteiger partial charge in [-0.25, -0.2) is 0 Å². The molecule has 0 bridgehead atoms. The summed E-state index contributed by atoms with van der Waals surface area (Å²) in [4.78, 5) is 31.1. The molecule has 1 aliphatic rings. The standard InChI is InChI=1S/C21H28N4O3S/c1-2-24(15-20(27)22-14-19-4-3-13-29-19)21(28)16-23-9-11-25(12-10-23)17-5-7-18(26)8-6-17/h3-8,13,26H,2,9-12,14-16H2,1H3,(H,22,27)/p+1. The fourth-order valence-electron chi connectivity index (χ4n) is 3.45. The number of aromatic hydroxyl groups is 1. The van der Waals surface area contributed by atoms with Crippen molar-refractivity contribution in [2.75, 3.05) is 50.7 Å². The summed E-state index contributed by atoms with van der Waals surface area (Å²) in [6.07, 6.45) is 0. The number of rotatable bonds is 8. The lowest BCUT2D eigenvalue weighted by Crippen LogP contribution is -3.16. The van der Waals surface area contributed by atoms with Crippen LogP contribution >= 0.6 is 11.3 Å². The molecule has 0 atom stereocenters. The number of anilines is 1. The van der Waals surface area contributed by atoms with Gasteiger partial charge in [-0.15, -0.1) is 11.3 Å². The molecule has 0 saturated carbocycles. The quantitative estimate of drug-likeness (QED) is 0.578. The highest BCUT2D eigenvalue weighted by molar-refractivity contribution is 7.09. The molecule has 2 heterocycles. The van der Waals surface area contributed by atoms with Crippen LogP contribution in [0.2, 0.25) is 0 Å². The van der Waals surface area contributed by atoms with Crippen molar-refractivity contribution in [3.05, 3.63) is 46.7 Å². The van der Waals surface area contributed by atoms with Crippen molar-refractivity contribution in [3.63, 3.8) is 0 Å². The molecule has 1 saturated heterocycles. The zero-order valence-corrected chi connectivity index (χ0v) is 17.6. The van der Waals surface area contributed by atoms with E-state index in [2.05, 4.69) is 10.2 Å². The van der Waals surface area contributed by atoms with Crippen molar-refractivity contribution in [3.8, 4) is 5.75 Å². The van der Waals surface area contributed by atoms with Gasteiger partial charge in [0.25, 0.3) is 5.91 Å². The minimum atomic E-state index is -0.124. The first-order chi connectivity index (χ1) is 14.0. The summed E-state index contributed by atoms with van der Waals surface area (Å²) in [5.41, 5.74) is 1.09. The molecule has 0 aliphatic carbocycles. The van der Waals surface area contributed by atoms with Crippen molar-refractivity contribution in [2.24, 2.45) is 0 Å². The molecule has 156 valence electrons. The SMILES string of the molecule is CCN(CC(=O)NCc1cccs1)C(=O)C[NH+]1CCN(c2ccc(O)cc2)CC1. The first kappa shape index (κ1) is 21.1. The molecule has 0 radical (unpaired) electrons. The van der Waals surface area contributed by atoms with E-state index in [4.69, 9.17) is 0 Å². The third-order valence-corrected chi connectivity index (χ3v) is 6.07. The van der Waals surface area contributed by atoms with Gasteiger partial charge in [0.05, 0.1) is 39.3 Å². The molecule has 0 spiro atoms. The first-order valence-corrected chi connectivity index (χ1v) is 10.9. The second kappa shape index (κ2) is 10.3. The van der Waals surface area contributed by atoms with Crippen molar-refractivity contribution in [1.29, 1.82) is 0 Å². The van der Waals surface area contributed by atoms with Gasteiger partial charge in [-0.3, -0.25) is 9.59 Å². The molecular weight excluding hydrogens is 388 g/mol. The van der Waals surface area contributed by atoms with Crippen LogP contribution in [0.1, 0.15) is 11.8 Å². The first-order valence-electron chi connectivity index (χ1n) is 9.99. The number of likely N-dealkylation sites (N-methyl/N-ethyl adjacent to an activating group) is 1. The number of nitrogens with one attached hydrogen (secondary N) is 2. The van der Waals surface area contributed by atoms with E-state index in [1.165, 1.54) is 4.90 Å². The zero-order valence-electron chi connectivity index (χ0n) is 16.8. The molecular formula is C21H29N4O3S+. The van der Waals surface area contributed by atoms with E-state index in [1.54, 1.807) is 28.4 Å². The average Bonchev–Trinajstić information content (AvgIpc) is 3.25. The summed E-state index contributed by atoms with van der Waals surface area (Å²) in [7, 11) is 0. The van der Waals surface area contributed by atoms with Crippen LogP contribution in [0.5, 0.6) is 5.75 Å². The van der Waals surface area contributed by atoms with E-state index in [-0.39, 0.29) is 24.1 Å². The van der Waals surface area contributed by atoms with E-state index in [0.29, 0.717) is 19.6 Å². The summed E-state index contributed by atoms with van der Waals surface area (Å²) in [6, 6.07) is 11.2. The number of phenolic OH excluding ortho intramolecular Hbond substituents is 1. The fraction of sp³-hybridized carbons (Fsp3) is 0.429. The largest absolute Gasteiger partial charge is 0.508 e. The van der Waals surface area contributed by atoms with Gasteiger partial charge < -0.3 is 25.1 Å². The van der Waals surface area contributed by atoms with Gasteiger partial charge >= 0.3 is 0 Å². The number of phenols is 1. The Morgan fingerprint density at radius 1 is 1.21 bits per heavy atom. The van der Waals surface area contributed by atoms with Gasteiger partial charge in [0.15, 0.2) is 6.54 Å². The predicted molar refractivity (Wildman–Crippen MR) is 114 cm³/mol. The van der Waals surface area contributed by atoms with Crippen LogP contribution in [0.3, 0.4) is 0 Å². The van der Waals surface area contributed by atoms with Crippen LogP contribution in [0, 0.1) is 0 Å². The predicted octanol–water partition coefficient (Wildman–Crippen LogP) is 0.324. The Kier molecular flexibility index (Phi) is 7.48. The van der Waals surface area contributed by atoms with Gasteiger partial charge in [-0.2, -0.15) is 0 Å². The van der Waals surface area contributed by atoms with Gasteiger partial charge in [0, 0.05) is 17.1 Å². The number of carbonyl (C=O) groups is 2. The second-order valence-electron chi connectivity index (χ2n) is 7.19. The molecule has 1 fully saturated rings. The van der Waals surface area contributed by atoms with E-state index < -0.39 is 0 Å². The molecule has 1 aromatic heterocycles. The van der Waals surface area contributed by atoms with Crippen LogP contribution in [-0.4, -0.2) is 67.6 Å². The Morgan fingerprint density at radius 2 is 1.93 bits per heavy atom. The van der Waals surface area contributed by atoms with Crippen molar-refractivity contribution < 1.29 is 19.6 Å². The number of benzene rings is 1. The lowest BCUT2D eigenvalue weighted by atomic mass is 10.2. The zero-order chi connectivity index (χ0) is 20.6. The maximum absolute atomic E-state index is 12.7. The minimum absolute atomic E-state index is 0.0202. The number of hydrogen-bond donors (Lipinski definition) is 3. The Hall–Kier alpha value is -2.58. The highest BCUT2D eigenvalue weighted by Gasteiger charge is 2.25. The van der Waals surface area contributed by atoms with Crippen molar-refractivity contribution in [2.45, 2.75) is 13.5 Å². The minimum Gasteiger partial charge on any atom is -0.508 e. The monoisotopic (exact) mass is 417 g/mol. The molecule has 29 heavy (non-hydrogen) atoms. The summed E-state index contributed by atoms with van der Waals surface area (Å²) in [5.74, 6) is 0.162. The van der Waals surface area contributed by atoms with Crippen molar-refractivity contribution >= 4 is 28.8 Å².